The fraction of sp³-hybridized carbons (Fsp3) is 1.00. The molecular formula is C13H27IO3S. The Morgan fingerprint density at radius 3 is 1.67 bits per heavy atom. The van der Waals surface area contributed by atoms with E-state index in [-0.39, 0.29) is 0 Å². The van der Waals surface area contributed by atoms with Crippen molar-refractivity contribution in [1.82, 2.24) is 0 Å². The van der Waals surface area contributed by atoms with Crippen molar-refractivity contribution in [3.63, 3.8) is 0 Å². The second-order valence-corrected chi connectivity index (χ2v) is 8.84. The quantitative estimate of drug-likeness (QED) is 0.222. The van der Waals surface area contributed by atoms with Crippen LogP contribution in [0.4, 0.5) is 0 Å². The van der Waals surface area contributed by atoms with Gasteiger partial charge in [0.1, 0.15) is 3.26 Å². The maximum atomic E-state index is 10.8. The molecule has 1 N–H and O–H groups in total. The van der Waals surface area contributed by atoms with E-state index < -0.39 is 13.4 Å². The van der Waals surface area contributed by atoms with Gasteiger partial charge in [0.2, 0.25) is 0 Å². The zero-order valence-corrected chi connectivity index (χ0v) is 14.4. The van der Waals surface area contributed by atoms with E-state index in [4.69, 9.17) is 4.55 Å². The van der Waals surface area contributed by atoms with E-state index in [2.05, 4.69) is 6.92 Å². The highest BCUT2D eigenvalue weighted by atomic mass is 127. The first-order valence-corrected chi connectivity index (χ1v) is 9.83. The van der Waals surface area contributed by atoms with Gasteiger partial charge in [0.05, 0.1) is 0 Å². The summed E-state index contributed by atoms with van der Waals surface area (Å²) in [7, 11) is -3.83. The SMILES string of the molecule is CCCCCCCCCCCCC(I)S(=O)(=O)O. The predicted molar refractivity (Wildman–Crippen MR) is 85.8 cm³/mol. The molecule has 0 aliphatic carbocycles. The van der Waals surface area contributed by atoms with Gasteiger partial charge in [-0.05, 0) is 6.42 Å². The summed E-state index contributed by atoms with van der Waals surface area (Å²) in [5, 5.41) is 0. The largest absolute Gasteiger partial charge is 0.285 e. The molecule has 0 aromatic rings. The van der Waals surface area contributed by atoms with Crippen LogP contribution in [0.25, 0.3) is 0 Å². The average Bonchev–Trinajstić information content (AvgIpc) is 2.30. The minimum absolute atomic E-state index is 0.565. The van der Waals surface area contributed by atoms with Gasteiger partial charge in [-0.2, -0.15) is 8.42 Å². The van der Waals surface area contributed by atoms with E-state index in [1.807, 2.05) is 0 Å². The third kappa shape index (κ3) is 11.7. The molecule has 1 unspecified atom stereocenters. The fourth-order valence-corrected chi connectivity index (χ4v) is 2.85. The number of alkyl halides is 1. The summed E-state index contributed by atoms with van der Waals surface area (Å²) in [6, 6.07) is 0. The van der Waals surface area contributed by atoms with Crippen molar-refractivity contribution < 1.29 is 13.0 Å². The number of halogens is 1. The number of hydrogen-bond acceptors (Lipinski definition) is 2. The molecule has 0 aliphatic rings. The monoisotopic (exact) mass is 390 g/mol. The van der Waals surface area contributed by atoms with Crippen LogP contribution in [-0.4, -0.2) is 16.2 Å². The number of rotatable bonds is 12. The lowest BCUT2D eigenvalue weighted by Crippen LogP contribution is -2.12. The predicted octanol–water partition coefficient (Wildman–Crippen LogP) is 4.95. The van der Waals surface area contributed by atoms with Crippen molar-refractivity contribution in [3.8, 4) is 0 Å². The summed E-state index contributed by atoms with van der Waals surface area (Å²) in [6.07, 6.45) is 13.0. The van der Waals surface area contributed by atoms with Gasteiger partial charge in [-0.3, -0.25) is 4.55 Å². The van der Waals surface area contributed by atoms with Crippen LogP contribution in [0.2, 0.25) is 0 Å². The van der Waals surface area contributed by atoms with E-state index in [9.17, 15) is 8.42 Å². The van der Waals surface area contributed by atoms with E-state index >= 15 is 0 Å². The molecule has 0 rings (SSSR count). The van der Waals surface area contributed by atoms with Crippen molar-refractivity contribution in [2.75, 3.05) is 0 Å². The molecule has 0 aromatic carbocycles. The molecule has 3 nitrogen and oxygen atoms in total. The van der Waals surface area contributed by atoms with Crippen LogP contribution in [0.15, 0.2) is 0 Å². The van der Waals surface area contributed by atoms with Gasteiger partial charge in [0, 0.05) is 0 Å². The summed E-state index contributed by atoms with van der Waals surface area (Å²) in [6.45, 7) is 2.23. The normalized spacial score (nSPS) is 13.7. The van der Waals surface area contributed by atoms with Gasteiger partial charge in [-0.25, -0.2) is 0 Å². The van der Waals surface area contributed by atoms with E-state index in [0.29, 0.717) is 6.42 Å². The van der Waals surface area contributed by atoms with Gasteiger partial charge in [-0.15, -0.1) is 0 Å². The molecule has 1 atom stereocenters. The van der Waals surface area contributed by atoms with Crippen LogP contribution in [0.1, 0.15) is 77.6 Å². The standard InChI is InChI=1S/C13H27IO3S/c1-2-3-4-5-6-7-8-9-10-11-12-13(14)18(15,16)17/h13H,2-12H2,1H3,(H,15,16,17). The molecule has 0 saturated heterocycles. The summed E-state index contributed by atoms with van der Waals surface area (Å²) in [4.78, 5) is 0. The molecular weight excluding hydrogens is 363 g/mol. The van der Waals surface area contributed by atoms with Gasteiger partial charge < -0.3 is 0 Å². The lowest BCUT2D eigenvalue weighted by atomic mass is 10.1. The van der Waals surface area contributed by atoms with Crippen LogP contribution >= 0.6 is 22.6 Å². The van der Waals surface area contributed by atoms with Crippen molar-refractivity contribution in [3.05, 3.63) is 0 Å². The van der Waals surface area contributed by atoms with Crippen molar-refractivity contribution in [1.29, 1.82) is 0 Å². The first-order valence-electron chi connectivity index (χ1n) is 7.09. The summed E-state index contributed by atoms with van der Waals surface area (Å²) in [5.41, 5.74) is 0. The molecule has 0 amide bonds. The molecule has 5 heteroatoms. The zero-order chi connectivity index (χ0) is 13.9. The Kier molecular flexibility index (Phi) is 11.9. The molecule has 0 heterocycles. The Labute approximate surface area is 126 Å². The number of hydrogen-bond donors (Lipinski definition) is 1. The Hall–Kier alpha value is 0.640. The molecule has 0 aromatic heterocycles. The van der Waals surface area contributed by atoms with Gasteiger partial charge in [-0.1, -0.05) is 93.7 Å². The summed E-state index contributed by atoms with van der Waals surface area (Å²) in [5.74, 6) is 0. The number of unbranched alkanes of at least 4 members (excludes halogenated alkanes) is 9. The lowest BCUT2D eigenvalue weighted by molar-refractivity contribution is 0.476. The molecule has 0 saturated carbocycles. The van der Waals surface area contributed by atoms with Crippen molar-refractivity contribution in [2.45, 2.75) is 80.8 Å². The third-order valence-electron chi connectivity index (χ3n) is 3.11. The van der Waals surface area contributed by atoms with Crippen LogP contribution in [0.5, 0.6) is 0 Å². The third-order valence-corrected chi connectivity index (χ3v) is 6.54. The van der Waals surface area contributed by atoms with Crippen LogP contribution < -0.4 is 0 Å². The Bertz CT molecular complexity index is 278. The first-order chi connectivity index (χ1) is 8.48. The van der Waals surface area contributed by atoms with E-state index in [1.54, 1.807) is 22.6 Å². The van der Waals surface area contributed by atoms with Gasteiger partial charge in [0.25, 0.3) is 10.1 Å². The molecule has 0 bridgehead atoms. The van der Waals surface area contributed by atoms with E-state index in [1.165, 1.54) is 51.4 Å². The molecule has 0 spiro atoms. The Morgan fingerprint density at radius 1 is 0.889 bits per heavy atom. The minimum atomic E-state index is -3.83. The molecule has 0 aliphatic heterocycles. The Morgan fingerprint density at radius 2 is 1.28 bits per heavy atom. The Balaban J connectivity index is 3.22. The summed E-state index contributed by atoms with van der Waals surface area (Å²) >= 11 is 1.80. The first kappa shape index (κ1) is 18.6. The molecule has 110 valence electrons. The highest BCUT2D eigenvalue weighted by molar-refractivity contribution is 14.1. The molecule has 18 heavy (non-hydrogen) atoms. The topological polar surface area (TPSA) is 54.4 Å². The zero-order valence-electron chi connectivity index (χ0n) is 11.4. The average molecular weight is 390 g/mol. The highest BCUT2D eigenvalue weighted by Gasteiger charge is 2.17. The smallest absolute Gasteiger partial charge is 0.277 e. The van der Waals surface area contributed by atoms with Crippen LogP contribution in [-0.2, 0) is 10.1 Å². The molecule has 0 radical (unpaired) electrons. The summed E-state index contributed by atoms with van der Waals surface area (Å²) < 4.78 is 29.7. The second kappa shape index (κ2) is 11.5. The maximum Gasteiger partial charge on any atom is 0.277 e. The van der Waals surface area contributed by atoms with Gasteiger partial charge in [0.15, 0.2) is 0 Å². The highest BCUT2D eigenvalue weighted by Crippen LogP contribution is 2.18. The van der Waals surface area contributed by atoms with Crippen molar-refractivity contribution in [2.24, 2.45) is 0 Å². The lowest BCUT2D eigenvalue weighted by Gasteiger charge is -2.06. The maximum absolute atomic E-state index is 10.8. The van der Waals surface area contributed by atoms with Crippen LogP contribution in [0, 0.1) is 0 Å². The van der Waals surface area contributed by atoms with E-state index in [0.717, 1.165) is 12.8 Å². The minimum Gasteiger partial charge on any atom is -0.285 e. The van der Waals surface area contributed by atoms with Gasteiger partial charge >= 0.3 is 0 Å². The van der Waals surface area contributed by atoms with Crippen LogP contribution in [0.3, 0.4) is 0 Å². The fourth-order valence-electron chi connectivity index (χ4n) is 1.94. The second-order valence-electron chi connectivity index (χ2n) is 4.90. The van der Waals surface area contributed by atoms with Crippen molar-refractivity contribution >= 4 is 32.7 Å². The molecule has 0 fully saturated rings.